The molecule has 0 fully saturated rings. The molecule has 0 nitrogen and oxygen atoms in total. The summed E-state index contributed by atoms with van der Waals surface area (Å²) in [6.07, 6.45) is 0. The van der Waals surface area contributed by atoms with Crippen molar-refractivity contribution in [3.8, 4) is 0 Å². The molecule has 0 aromatic heterocycles. The summed E-state index contributed by atoms with van der Waals surface area (Å²) in [6, 6.07) is 0. The summed E-state index contributed by atoms with van der Waals surface area (Å²) in [7, 11) is 0. The Kier molecular flexibility index (Phi) is 165. The van der Waals surface area contributed by atoms with Crippen LogP contribution in [-0.4, -0.2) is 0 Å². The van der Waals surface area contributed by atoms with Crippen molar-refractivity contribution >= 4 is 0 Å². The zero-order valence-electron chi connectivity index (χ0n) is 1.36. The maximum atomic E-state index is 0. The van der Waals surface area contributed by atoms with Gasteiger partial charge in [-0.15, -0.1) is 0 Å². The predicted octanol–water partition coefficient (Wildman–Crippen LogP) is -0.0100. The fourth-order valence-corrected chi connectivity index (χ4v) is 0. The SMILES string of the molecule is [Cr].[Cu].[Ir].[Ni]. The summed E-state index contributed by atoms with van der Waals surface area (Å²) >= 11 is 0. The first-order valence-electron chi connectivity index (χ1n) is 0. The molecule has 0 heterocycles. The number of hydrogen-bond acceptors (Lipinski definition) is 0. The number of hydrogen-bond donors (Lipinski definition) is 0. The van der Waals surface area contributed by atoms with E-state index in [-0.39, 0.29) is 71.0 Å². The van der Waals surface area contributed by atoms with Crippen LogP contribution >= 0.6 is 0 Å². The minimum absolute atomic E-state index is 0. The van der Waals surface area contributed by atoms with Crippen molar-refractivity contribution in [1.82, 2.24) is 0 Å². The van der Waals surface area contributed by atoms with Crippen LogP contribution in [-0.2, 0) is 71.0 Å². The van der Waals surface area contributed by atoms with Gasteiger partial charge in [0.25, 0.3) is 0 Å². The standard InChI is InChI=1S/Cr.Cu.Ir.Ni. The Hall–Kier alpha value is 2.19. The van der Waals surface area contributed by atoms with Crippen LogP contribution in [0.2, 0.25) is 0 Å². The van der Waals surface area contributed by atoms with Gasteiger partial charge in [0, 0.05) is 71.0 Å². The van der Waals surface area contributed by atoms with Crippen molar-refractivity contribution in [1.29, 1.82) is 0 Å². The van der Waals surface area contributed by atoms with Crippen LogP contribution < -0.4 is 0 Å². The van der Waals surface area contributed by atoms with Crippen LogP contribution in [0, 0.1) is 0 Å². The first kappa shape index (κ1) is 34.7. The molecule has 36 valence electrons. The van der Waals surface area contributed by atoms with Gasteiger partial charge in [-0.05, 0) is 0 Å². The third-order valence-electron chi connectivity index (χ3n) is 0. The molecular weight excluding hydrogens is 366 g/mol. The van der Waals surface area contributed by atoms with Crippen molar-refractivity contribution in [3.05, 3.63) is 0 Å². The molecule has 0 rings (SSSR count). The second kappa shape index (κ2) is 19.0. The molecule has 4 heavy (non-hydrogen) atoms. The van der Waals surface area contributed by atoms with E-state index >= 15 is 0 Å². The van der Waals surface area contributed by atoms with Crippen molar-refractivity contribution in [2.45, 2.75) is 0 Å². The van der Waals surface area contributed by atoms with Crippen LogP contribution in [0.5, 0.6) is 0 Å². The second-order valence-corrected chi connectivity index (χ2v) is 0. The molecular formula is CrCuIrNi. The van der Waals surface area contributed by atoms with E-state index in [1.807, 2.05) is 0 Å². The third-order valence-corrected chi connectivity index (χ3v) is 0. The summed E-state index contributed by atoms with van der Waals surface area (Å²) in [5.74, 6) is 0. The van der Waals surface area contributed by atoms with Gasteiger partial charge in [0.2, 0.25) is 0 Å². The molecule has 0 saturated carbocycles. The van der Waals surface area contributed by atoms with E-state index in [1.165, 1.54) is 0 Å². The maximum absolute atomic E-state index is 0. The van der Waals surface area contributed by atoms with E-state index in [9.17, 15) is 0 Å². The molecule has 4 heteroatoms. The maximum Gasteiger partial charge on any atom is 0 e. The molecule has 0 N–H and O–H groups in total. The fourth-order valence-electron chi connectivity index (χ4n) is 0. The van der Waals surface area contributed by atoms with Crippen LogP contribution in [0.25, 0.3) is 0 Å². The third kappa shape index (κ3) is 8.89. The van der Waals surface area contributed by atoms with Crippen LogP contribution in [0.1, 0.15) is 0 Å². The Morgan fingerprint density at radius 2 is 1.00 bits per heavy atom. The molecule has 0 aliphatic carbocycles. The van der Waals surface area contributed by atoms with Crippen molar-refractivity contribution in [2.24, 2.45) is 0 Å². The summed E-state index contributed by atoms with van der Waals surface area (Å²) in [5.41, 5.74) is 0. The van der Waals surface area contributed by atoms with Crippen LogP contribution in [0.15, 0.2) is 0 Å². The monoisotopic (exact) mass is 366 g/mol. The van der Waals surface area contributed by atoms with Gasteiger partial charge in [-0.2, -0.15) is 0 Å². The Labute approximate surface area is 70.4 Å². The number of rotatable bonds is 0. The Balaban J connectivity index is 0. The van der Waals surface area contributed by atoms with E-state index in [4.69, 9.17) is 0 Å². The predicted molar refractivity (Wildman–Crippen MR) is 0 cm³/mol. The summed E-state index contributed by atoms with van der Waals surface area (Å²) < 4.78 is 0. The second-order valence-electron chi connectivity index (χ2n) is 0. The van der Waals surface area contributed by atoms with E-state index in [0.29, 0.717) is 0 Å². The van der Waals surface area contributed by atoms with E-state index in [1.54, 1.807) is 0 Å². The average molecular weight is 366 g/mol. The van der Waals surface area contributed by atoms with Crippen molar-refractivity contribution in [2.75, 3.05) is 0 Å². The topological polar surface area (TPSA) is 0 Å². The molecule has 0 bridgehead atoms. The Morgan fingerprint density at radius 3 is 1.00 bits per heavy atom. The van der Waals surface area contributed by atoms with Crippen molar-refractivity contribution < 1.29 is 71.0 Å². The molecule has 0 unspecified atom stereocenters. The fraction of sp³-hybridized carbons (Fsp3) is 0. The molecule has 0 saturated heterocycles. The summed E-state index contributed by atoms with van der Waals surface area (Å²) in [6.45, 7) is 0. The molecule has 0 amide bonds. The smallest absolute Gasteiger partial charge is 0 e. The molecule has 2 radical (unpaired) electrons. The Morgan fingerprint density at radius 1 is 1.00 bits per heavy atom. The molecule has 0 aromatic rings. The average Bonchev–Trinajstić information content (AvgIpc) is 0. The van der Waals surface area contributed by atoms with Gasteiger partial charge in [0.15, 0.2) is 0 Å². The molecule has 0 aromatic carbocycles. The van der Waals surface area contributed by atoms with Crippen LogP contribution in [0.4, 0.5) is 0 Å². The van der Waals surface area contributed by atoms with E-state index in [2.05, 4.69) is 0 Å². The van der Waals surface area contributed by atoms with E-state index in [0.717, 1.165) is 0 Å². The van der Waals surface area contributed by atoms with Crippen LogP contribution in [0.3, 0.4) is 0 Å². The normalized spacial score (nSPS) is 0. The van der Waals surface area contributed by atoms with Gasteiger partial charge in [-0.1, -0.05) is 0 Å². The summed E-state index contributed by atoms with van der Waals surface area (Å²) in [4.78, 5) is 0. The van der Waals surface area contributed by atoms with Gasteiger partial charge in [0.05, 0.1) is 0 Å². The molecule has 0 spiro atoms. The first-order valence-corrected chi connectivity index (χ1v) is 0. The quantitative estimate of drug-likeness (QED) is 0.529. The minimum Gasteiger partial charge on any atom is 0 e. The van der Waals surface area contributed by atoms with Gasteiger partial charge in [0.1, 0.15) is 0 Å². The zero-order valence-corrected chi connectivity index (χ0v) is 6.96. The molecule has 0 aliphatic heterocycles. The zero-order chi connectivity index (χ0) is 0. The molecule has 0 aliphatic rings. The molecule has 0 atom stereocenters. The summed E-state index contributed by atoms with van der Waals surface area (Å²) in [5, 5.41) is 0. The Bertz CT molecular complexity index is 8.00. The van der Waals surface area contributed by atoms with Crippen molar-refractivity contribution in [3.63, 3.8) is 0 Å². The minimum atomic E-state index is 0. The van der Waals surface area contributed by atoms with Gasteiger partial charge in [-0.25, -0.2) is 0 Å². The van der Waals surface area contributed by atoms with Gasteiger partial charge < -0.3 is 0 Å². The van der Waals surface area contributed by atoms with E-state index < -0.39 is 0 Å². The largest absolute Gasteiger partial charge is 0 e. The van der Waals surface area contributed by atoms with Gasteiger partial charge >= 0.3 is 0 Å². The first-order chi connectivity index (χ1) is 0. The van der Waals surface area contributed by atoms with Gasteiger partial charge in [-0.3, -0.25) is 0 Å².